The average Bonchev–Trinajstić information content (AvgIpc) is 2.59. The predicted octanol–water partition coefficient (Wildman–Crippen LogP) is 0.792. The molecular weight excluding hydrogens is 298 g/mol. The Bertz CT molecular complexity index is 560. The van der Waals surface area contributed by atoms with Crippen LogP contribution in [-0.2, 0) is 16.0 Å². The first-order valence-corrected chi connectivity index (χ1v) is 7.30. The Labute approximate surface area is 136 Å². The monoisotopic (exact) mass is 321 g/mol. The second kappa shape index (κ2) is 9.45. The summed E-state index contributed by atoms with van der Waals surface area (Å²) in [5.74, 6) is 0.644. The fourth-order valence-electron chi connectivity index (χ4n) is 1.98. The second-order valence-electron chi connectivity index (χ2n) is 4.70. The Morgan fingerprint density at radius 1 is 1.39 bits per heavy atom. The van der Waals surface area contributed by atoms with Crippen LogP contribution in [0.5, 0.6) is 11.6 Å². The standard InChI is InChI=1S/C16H23N3O4/c1-5-16(21)19(6-2)11-14(20)17-8-7-12-10-18-15(23-4)9-13(12)22-3/h5,9-10H,1,6-8,11H2,2-4H3,(H,17,20). The predicted molar refractivity (Wildman–Crippen MR) is 86.5 cm³/mol. The van der Waals surface area contributed by atoms with Gasteiger partial charge in [0.05, 0.1) is 20.8 Å². The summed E-state index contributed by atoms with van der Waals surface area (Å²) < 4.78 is 10.3. The third kappa shape index (κ3) is 5.61. The van der Waals surface area contributed by atoms with E-state index in [1.165, 1.54) is 18.1 Å². The van der Waals surface area contributed by atoms with Crippen LogP contribution < -0.4 is 14.8 Å². The lowest BCUT2D eigenvalue weighted by atomic mass is 10.2. The van der Waals surface area contributed by atoms with Crippen LogP contribution in [0.1, 0.15) is 12.5 Å². The van der Waals surface area contributed by atoms with Crippen LogP contribution in [0.2, 0.25) is 0 Å². The quantitative estimate of drug-likeness (QED) is 0.680. The number of rotatable bonds is 9. The van der Waals surface area contributed by atoms with Crippen LogP contribution in [0.4, 0.5) is 0 Å². The highest BCUT2D eigenvalue weighted by atomic mass is 16.5. The molecule has 1 N–H and O–H groups in total. The molecule has 0 aliphatic carbocycles. The summed E-state index contributed by atoms with van der Waals surface area (Å²) in [5.41, 5.74) is 0.864. The zero-order valence-corrected chi connectivity index (χ0v) is 13.8. The van der Waals surface area contributed by atoms with Crippen LogP contribution in [0.15, 0.2) is 24.9 Å². The molecule has 7 nitrogen and oxygen atoms in total. The number of amides is 2. The molecule has 0 aromatic carbocycles. The van der Waals surface area contributed by atoms with Crippen molar-refractivity contribution >= 4 is 11.8 Å². The number of ether oxygens (including phenoxy) is 2. The lowest BCUT2D eigenvalue weighted by Crippen LogP contribution is -2.40. The zero-order valence-electron chi connectivity index (χ0n) is 13.8. The highest BCUT2D eigenvalue weighted by molar-refractivity contribution is 5.90. The zero-order chi connectivity index (χ0) is 17.2. The van der Waals surface area contributed by atoms with Gasteiger partial charge < -0.3 is 19.7 Å². The maximum Gasteiger partial charge on any atom is 0.246 e. The molecule has 126 valence electrons. The van der Waals surface area contributed by atoms with Crippen molar-refractivity contribution in [2.45, 2.75) is 13.3 Å². The van der Waals surface area contributed by atoms with Crippen molar-refractivity contribution in [3.05, 3.63) is 30.5 Å². The minimum atomic E-state index is -0.260. The number of nitrogens with zero attached hydrogens (tertiary/aromatic N) is 2. The van der Waals surface area contributed by atoms with E-state index in [1.807, 2.05) is 6.92 Å². The summed E-state index contributed by atoms with van der Waals surface area (Å²) in [7, 11) is 3.10. The average molecular weight is 321 g/mol. The highest BCUT2D eigenvalue weighted by Crippen LogP contribution is 2.22. The van der Waals surface area contributed by atoms with Gasteiger partial charge in [-0.1, -0.05) is 6.58 Å². The fraction of sp³-hybridized carbons (Fsp3) is 0.438. The summed E-state index contributed by atoms with van der Waals surface area (Å²) in [6.45, 7) is 6.11. The number of nitrogens with one attached hydrogen (secondary N) is 1. The number of carbonyl (C=O) groups excluding carboxylic acids is 2. The van der Waals surface area contributed by atoms with E-state index in [1.54, 1.807) is 19.4 Å². The Morgan fingerprint density at radius 3 is 2.70 bits per heavy atom. The Balaban J connectivity index is 2.51. The van der Waals surface area contributed by atoms with Gasteiger partial charge in [-0.15, -0.1) is 0 Å². The largest absolute Gasteiger partial charge is 0.496 e. The molecule has 1 aromatic heterocycles. The molecule has 0 radical (unpaired) electrons. The summed E-state index contributed by atoms with van der Waals surface area (Å²) in [6.07, 6.45) is 3.42. The van der Waals surface area contributed by atoms with Crippen molar-refractivity contribution in [2.24, 2.45) is 0 Å². The summed E-state index contributed by atoms with van der Waals surface area (Å²) >= 11 is 0. The van der Waals surface area contributed by atoms with Gasteiger partial charge in [0.15, 0.2) is 0 Å². The third-order valence-corrected chi connectivity index (χ3v) is 3.27. The minimum absolute atomic E-state index is 0.0132. The maximum absolute atomic E-state index is 11.9. The first-order chi connectivity index (χ1) is 11.0. The molecule has 0 atom stereocenters. The minimum Gasteiger partial charge on any atom is -0.496 e. The van der Waals surface area contributed by atoms with Crippen molar-refractivity contribution in [2.75, 3.05) is 33.9 Å². The number of hydrogen-bond donors (Lipinski definition) is 1. The molecule has 1 rings (SSSR count). The van der Waals surface area contributed by atoms with Gasteiger partial charge in [0.2, 0.25) is 17.7 Å². The first kappa shape index (κ1) is 18.5. The molecule has 1 heterocycles. The first-order valence-electron chi connectivity index (χ1n) is 7.30. The Hall–Kier alpha value is -2.57. The SMILES string of the molecule is C=CC(=O)N(CC)CC(=O)NCCc1cnc(OC)cc1OC. The van der Waals surface area contributed by atoms with Gasteiger partial charge >= 0.3 is 0 Å². The van der Waals surface area contributed by atoms with Gasteiger partial charge in [0.1, 0.15) is 5.75 Å². The van der Waals surface area contributed by atoms with E-state index in [0.717, 1.165) is 5.56 Å². The fourth-order valence-corrected chi connectivity index (χ4v) is 1.98. The molecule has 2 amide bonds. The van der Waals surface area contributed by atoms with Crippen LogP contribution >= 0.6 is 0 Å². The van der Waals surface area contributed by atoms with Crippen LogP contribution in [-0.4, -0.2) is 55.6 Å². The smallest absolute Gasteiger partial charge is 0.246 e. The molecule has 0 spiro atoms. The number of pyridine rings is 1. The lowest BCUT2D eigenvalue weighted by molar-refractivity contribution is -0.132. The van der Waals surface area contributed by atoms with E-state index in [0.29, 0.717) is 31.1 Å². The third-order valence-electron chi connectivity index (χ3n) is 3.27. The van der Waals surface area contributed by atoms with E-state index >= 15 is 0 Å². The van der Waals surface area contributed by atoms with Gasteiger partial charge in [-0.3, -0.25) is 9.59 Å². The van der Waals surface area contributed by atoms with E-state index in [4.69, 9.17) is 9.47 Å². The molecule has 7 heteroatoms. The van der Waals surface area contributed by atoms with Gasteiger partial charge in [-0.25, -0.2) is 4.98 Å². The van der Waals surface area contributed by atoms with Crippen LogP contribution in [0, 0.1) is 0 Å². The Kier molecular flexibility index (Phi) is 7.59. The van der Waals surface area contributed by atoms with E-state index in [-0.39, 0.29) is 18.4 Å². The number of hydrogen-bond acceptors (Lipinski definition) is 5. The number of carbonyl (C=O) groups is 2. The maximum atomic E-state index is 11.9. The van der Waals surface area contributed by atoms with Gasteiger partial charge in [-0.2, -0.15) is 0 Å². The van der Waals surface area contributed by atoms with Crippen molar-refractivity contribution in [3.63, 3.8) is 0 Å². The number of aromatic nitrogens is 1. The normalized spacial score (nSPS) is 9.87. The molecule has 0 bridgehead atoms. The van der Waals surface area contributed by atoms with E-state index in [2.05, 4.69) is 16.9 Å². The second-order valence-corrected chi connectivity index (χ2v) is 4.70. The Morgan fingerprint density at radius 2 is 2.13 bits per heavy atom. The van der Waals surface area contributed by atoms with Gasteiger partial charge in [0.25, 0.3) is 0 Å². The van der Waals surface area contributed by atoms with Crippen LogP contribution in [0.3, 0.4) is 0 Å². The molecule has 0 fully saturated rings. The van der Waals surface area contributed by atoms with Crippen LogP contribution in [0.25, 0.3) is 0 Å². The lowest BCUT2D eigenvalue weighted by Gasteiger charge is -2.18. The topological polar surface area (TPSA) is 80.8 Å². The highest BCUT2D eigenvalue weighted by Gasteiger charge is 2.13. The van der Waals surface area contributed by atoms with Crippen molar-refractivity contribution in [3.8, 4) is 11.6 Å². The summed E-state index contributed by atoms with van der Waals surface area (Å²) in [6, 6.07) is 1.69. The molecule has 0 saturated heterocycles. The van der Waals surface area contributed by atoms with E-state index < -0.39 is 0 Å². The van der Waals surface area contributed by atoms with Gasteiger partial charge in [0, 0.05) is 30.9 Å². The number of likely N-dealkylation sites (N-methyl/N-ethyl adjacent to an activating group) is 1. The molecule has 1 aromatic rings. The summed E-state index contributed by atoms with van der Waals surface area (Å²) in [4.78, 5) is 28.9. The molecule has 0 aliphatic heterocycles. The molecule has 0 saturated carbocycles. The summed E-state index contributed by atoms with van der Waals surface area (Å²) in [5, 5.41) is 2.77. The van der Waals surface area contributed by atoms with Crippen molar-refractivity contribution < 1.29 is 19.1 Å². The van der Waals surface area contributed by atoms with Crippen molar-refractivity contribution in [1.82, 2.24) is 15.2 Å². The number of methoxy groups -OCH3 is 2. The van der Waals surface area contributed by atoms with E-state index in [9.17, 15) is 9.59 Å². The molecule has 23 heavy (non-hydrogen) atoms. The van der Waals surface area contributed by atoms with Crippen molar-refractivity contribution in [1.29, 1.82) is 0 Å². The van der Waals surface area contributed by atoms with Gasteiger partial charge in [-0.05, 0) is 19.4 Å². The molecule has 0 aliphatic rings. The molecule has 0 unspecified atom stereocenters. The molecular formula is C16H23N3O4.